The van der Waals surface area contributed by atoms with E-state index in [9.17, 15) is 9.18 Å². The number of hydrogen-bond acceptors (Lipinski definition) is 2. The van der Waals surface area contributed by atoms with Gasteiger partial charge in [-0.25, -0.2) is 4.39 Å². The first kappa shape index (κ1) is 15.1. The van der Waals surface area contributed by atoms with Gasteiger partial charge in [-0.1, -0.05) is 18.6 Å². The van der Waals surface area contributed by atoms with Crippen LogP contribution in [0.15, 0.2) is 24.3 Å². The van der Waals surface area contributed by atoms with Gasteiger partial charge in [-0.2, -0.15) is 0 Å². The van der Waals surface area contributed by atoms with Gasteiger partial charge in [0.1, 0.15) is 5.82 Å². The van der Waals surface area contributed by atoms with Gasteiger partial charge in [0.15, 0.2) is 5.78 Å². The minimum absolute atomic E-state index is 0. The molecule has 100 valence electrons. The molecule has 1 aromatic carbocycles. The maximum Gasteiger partial charge on any atom is 0.179 e. The molecule has 1 aromatic rings. The van der Waals surface area contributed by atoms with Crippen LogP contribution in [0.5, 0.6) is 0 Å². The molecule has 0 saturated carbocycles. The van der Waals surface area contributed by atoms with E-state index in [0.717, 1.165) is 25.9 Å². The van der Waals surface area contributed by atoms with Gasteiger partial charge in [0, 0.05) is 5.56 Å². The lowest BCUT2D eigenvalue weighted by Gasteiger charge is -2.31. The predicted molar refractivity (Wildman–Crippen MR) is 72.9 cm³/mol. The fourth-order valence-electron chi connectivity index (χ4n) is 2.35. The minimum atomic E-state index is -0.346. The van der Waals surface area contributed by atoms with E-state index >= 15 is 0 Å². The second kappa shape index (κ2) is 6.86. The highest BCUT2D eigenvalue weighted by molar-refractivity contribution is 5.99. The van der Waals surface area contributed by atoms with Crippen LogP contribution in [-0.4, -0.2) is 29.8 Å². The smallest absolute Gasteiger partial charge is 0.179 e. The lowest BCUT2D eigenvalue weighted by molar-refractivity contribution is 0.0808. The maximum atomic E-state index is 13.1. The first-order valence-electron chi connectivity index (χ1n) is 6.22. The first-order valence-corrected chi connectivity index (χ1v) is 6.22. The monoisotopic (exact) mass is 271 g/mol. The molecule has 0 radical (unpaired) electrons. The number of ketones is 1. The summed E-state index contributed by atoms with van der Waals surface area (Å²) >= 11 is 0. The van der Waals surface area contributed by atoms with Crippen LogP contribution in [0.4, 0.5) is 4.39 Å². The Balaban J connectivity index is 0.00000162. The van der Waals surface area contributed by atoms with Crippen molar-refractivity contribution in [3.8, 4) is 0 Å². The standard InChI is InChI=1S/C14H18FNO.ClH/c1-11(16-8-3-2-4-9-16)14(17)12-6-5-7-13(15)10-12;/h5-7,10-11H,2-4,8-9H2,1H3;1H. The minimum Gasteiger partial charge on any atom is -0.294 e. The number of likely N-dealkylation sites (tertiary alicyclic amines) is 1. The summed E-state index contributed by atoms with van der Waals surface area (Å²) in [6.45, 7) is 3.86. The first-order chi connectivity index (χ1) is 8.18. The van der Waals surface area contributed by atoms with Crippen molar-refractivity contribution < 1.29 is 9.18 Å². The van der Waals surface area contributed by atoms with Crippen LogP contribution in [0, 0.1) is 5.82 Å². The van der Waals surface area contributed by atoms with Crippen molar-refractivity contribution in [3.63, 3.8) is 0 Å². The van der Waals surface area contributed by atoms with Gasteiger partial charge in [0.05, 0.1) is 6.04 Å². The van der Waals surface area contributed by atoms with Gasteiger partial charge in [0.2, 0.25) is 0 Å². The van der Waals surface area contributed by atoms with Gasteiger partial charge in [-0.3, -0.25) is 9.69 Å². The van der Waals surface area contributed by atoms with Crippen LogP contribution >= 0.6 is 12.4 Å². The molecule has 0 spiro atoms. The summed E-state index contributed by atoms with van der Waals surface area (Å²) in [5.74, 6) is -0.326. The molecular formula is C14H19ClFNO. The van der Waals surface area contributed by atoms with E-state index in [1.807, 2.05) is 6.92 Å². The van der Waals surface area contributed by atoms with E-state index < -0.39 is 0 Å². The molecule has 0 bridgehead atoms. The molecule has 2 rings (SSSR count). The average molecular weight is 272 g/mol. The number of carbonyl (C=O) groups is 1. The van der Waals surface area contributed by atoms with Gasteiger partial charge in [0.25, 0.3) is 0 Å². The maximum absolute atomic E-state index is 13.1. The van der Waals surface area contributed by atoms with Crippen LogP contribution in [0.25, 0.3) is 0 Å². The topological polar surface area (TPSA) is 20.3 Å². The van der Waals surface area contributed by atoms with E-state index in [2.05, 4.69) is 4.90 Å². The number of Topliss-reactive ketones (excluding diaryl/α,β-unsaturated/α-hetero) is 1. The number of nitrogens with zero attached hydrogens (tertiary/aromatic N) is 1. The molecule has 1 heterocycles. The number of hydrogen-bond donors (Lipinski definition) is 0. The van der Waals surface area contributed by atoms with Crippen LogP contribution in [0.3, 0.4) is 0 Å². The van der Waals surface area contributed by atoms with Gasteiger partial charge >= 0.3 is 0 Å². The normalized spacial score (nSPS) is 17.9. The Morgan fingerprint density at radius 2 is 1.94 bits per heavy atom. The molecule has 2 nitrogen and oxygen atoms in total. The Morgan fingerprint density at radius 3 is 2.56 bits per heavy atom. The summed E-state index contributed by atoms with van der Waals surface area (Å²) in [5, 5.41) is 0. The number of benzene rings is 1. The SMILES string of the molecule is CC(C(=O)c1cccc(F)c1)N1CCCCC1.Cl. The second-order valence-corrected chi connectivity index (χ2v) is 4.65. The molecule has 0 aromatic heterocycles. The van der Waals surface area contributed by atoms with Crippen molar-refractivity contribution in [3.05, 3.63) is 35.6 Å². The van der Waals surface area contributed by atoms with E-state index in [1.54, 1.807) is 12.1 Å². The lowest BCUT2D eigenvalue weighted by Crippen LogP contribution is -2.42. The van der Waals surface area contributed by atoms with Crippen molar-refractivity contribution in [1.29, 1.82) is 0 Å². The average Bonchev–Trinajstić information content (AvgIpc) is 2.38. The van der Waals surface area contributed by atoms with Crippen LogP contribution < -0.4 is 0 Å². The lowest BCUT2D eigenvalue weighted by atomic mass is 10.0. The summed E-state index contributed by atoms with van der Waals surface area (Å²) in [7, 11) is 0. The highest BCUT2D eigenvalue weighted by atomic mass is 35.5. The second-order valence-electron chi connectivity index (χ2n) is 4.65. The Kier molecular flexibility index (Phi) is 5.76. The Morgan fingerprint density at radius 1 is 1.28 bits per heavy atom. The van der Waals surface area contributed by atoms with Crippen molar-refractivity contribution in [2.24, 2.45) is 0 Å². The summed E-state index contributed by atoms with van der Waals surface area (Å²) in [6.07, 6.45) is 3.55. The van der Waals surface area contributed by atoms with Crippen molar-refractivity contribution in [2.45, 2.75) is 32.2 Å². The molecule has 1 aliphatic heterocycles. The third-order valence-electron chi connectivity index (χ3n) is 3.43. The third-order valence-corrected chi connectivity index (χ3v) is 3.43. The zero-order chi connectivity index (χ0) is 12.3. The quantitative estimate of drug-likeness (QED) is 0.786. The fraction of sp³-hybridized carbons (Fsp3) is 0.500. The zero-order valence-corrected chi connectivity index (χ0v) is 11.4. The summed E-state index contributed by atoms with van der Waals surface area (Å²) in [6, 6.07) is 5.82. The molecule has 4 heteroatoms. The molecule has 0 aliphatic carbocycles. The van der Waals surface area contributed by atoms with E-state index in [4.69, 9.17) is 0 Å². The largest absolute Gasteiger partial charge is 0.294 e. The Hall–Kier alpha value is -0.930. The van der Waals surface area contributed by atoms with Crippen molar-refractivity contribution >= 4 is 18.2 Å². The molecule has 1 fully saturated rings. The van der Waals surface area contributed by atoms with Gasteiger partial charge in [-0.05, 0) is 45.0 Å². The Labute approximate surface area is 114 Å². The molecule has 0 N–H and O–H groups in total. The van der Waals surface area contributed by atoms with Crippen LogP contribution in [-0.2, 0) is 0 Å². The van der Waals surface area contributed by atoms with Crippen molar-refractivity contribution in [1.82, 2.24) is 4.90 Å². The van der Waals surface area contributed by atoms with Crippen LogP contribution in [0.1, 0.15) is 36.5 Å². The van der Waals surface area contributed by atoms with Gasteiger partial charge < -0.3 is 0 Å². The van der Waals surface area contributed by atoms with Crippen molar-refractivity contribution in [2.75, 3.05) is 13.1 Å². The van der Waals surface area contributed by atoms with E-state index in [-0.39, 0.29) is 30.0 Å². The number of piperidine rings is 1. The molecule has 1 saturated heterocycles. The number of carbonyl (C=O) groups excluding carboxylic acids is 1. The fourth-order valence-corrected chi connectivity index (χ4v) is 2.35. The third kappa shape index (κ3) is 3.53. The molecule has 1 aliphatic rings. The molecule has 0 amide bonds. The number of rotatable bonds is 3. The van der Waals surface area contributed by atoms with Gasteiger partial charge in [-0.15, -0.1) is 12.4 Å². The molecule has 1 atom stereocenters. The summed E-state index contributed by atoms with van der Waals surface area (Å²) in [5.41, 5.74) is 0.475. The zero-order valence-electron chi connectivity index (χ0n) is 10.6. The van der Waals surface area contributed by atoms with Crippen LogP contribution in [0.2, 0.25) is 0 Å². The van der Waals surface area contributed by atoms with E-state index in [0.29, 0.717) is 5.56 Å². The molecule has 18 heavy (non-hydrogen) atoms. The summed E-state index contributed by atoms with van der Waals surface area (Å²) in [4.78, 5) is 14.4. The van der Waals surface area contributed by atoms with E-state index in [1.165, 1.54) is 18.6 Å². The summed E-state index contributed by atoms with van der Waals surface area (Å²) < 4.78 is 13.1. The predicted octanol–water partition coefficient (Wildman–Crippen LogP) is 3.30. The highest BCUT2D eigenvalue weighted by Crippen LogP contribution is 2.16. The Bertz CT molecular complexity index is 405. The number of halogens is 2. The highest BCUT2D eigenvalue weighted by Gasteiger charge is 2.23. The molecular weight excluding hydrogens is 253 g/mol. The molecule has 1 unspecified atom stereocenters.